The first-order valence-electron chi connectivity index (χ1n) is 10.5. The minimum absolute atomic E-state index is 0.0930. The second kappa shape index (κ2) is 6.80. The summed E-state index contributed by atoms with van der Waals surface area (Å²) in [5.74, 6) is 0.637. The van der Waals surface area contributed by atoms with Gasteiger partial charge in [-0.15, -0.1) is 0 Å². The molecule has 0 aliphatic carbocycles. The maximum Gasteiger partial charge on any atom is 0.253 e. The first-order valence-corrected chi connectivity index (χ1v) is 10.5. The molecule has 3 saturated heterocycles. The lowest BCUT2D eigenvalue weighted by atomic mass is 9.70. The minimum Gasteiger partial charge on any atom is -0.379 e. The third-order valence-corrected chi connectivity index (χ3v) is 7.28. The third-order valence-electron chi connectivity index (χ3n) is 7.28. The van der Waals surface area contributed by atoms with E-state index in [-0.39, 0.29) is 23.3 Å². The van der Waals surface area contributed by atoms with Crippen LogP contribution in [-0.2, 0) is 9.53 Å². The van der Waals surface area contributed by atoms with Crippen molar-refractivity contribution >= 4 is 22.6 Å². The molecule has 0 bridgehead atoms. The predicted octanol–water partition coefficient (Wildman–Crippen LogP) is 2.64. The van der Waals surface area contributed by atoms with Gasteiger partial charge in [-0.25, -0.2) is 0 Å². The lowest BCUT2D eigenvalue weighted by molar-refractivity contribution is -0.130. The van der Waals surface area contributed by atoms with Crippen molar-refractivity contribution in [1.29, 1.82) is 0 Å². The Bertz CT molecular complexity index is 980. The SMILES string of the molecule is CC(=O)N1CC2(CCN(C(=O)c3ccc4cnc(C)cc4c3)CC2)[C@@H]2COC[C@@H]21. The molecule has 3 aliphatic heterocycles. The zero-order valence-electron chi connectivity index (χ0n) is 17.1. The van der Waals surface area contributed by atoms with Gasteiger partial charge in [-0.1, -0.05) is 6.07 Å². The Balaban J connectivity index is 1.33. The molecule has 1 spiro atoms. The zero-order valence-corrected chi connectivity index (χ0v) is 17.1. The highest BCUT2D eigenvalue weighted by Crippen LogP contribution is 2.50. The molecule has 3 aliphatic rings. The number of amides is 2. The molecule has 3 fully saturated rings. The molecular formula is C23H27N3O3. The summed E-state index contributed by atoms with van der Waals surface area (Å²) < 4.78 is 5.73. The highest BCUT2D eigenvalue weighted by Gasteiger charge is 2.56. The van der Waals surface area contributed by atoms with Gasteiger partial charge in [-0.05, 0) is 48.8 Å². The number of ether oxygens (including phenoxy) is 1. The maximum atomic E-state index is 13.2. The van der Waals surface area contributed by atoms with E-state index >= 15 is 0 Å². The van der Waals surface area contributed by atoms with Gasteiger partial charge in [-0.3, -0.25) is 14.6 Å². The summed E-state index contributed by atoms with van der Waals surface area (Å²) >= 11 is 0. The Morgan fingerprint density at radius 3 is 2.69 bits per heavy atom. The summed E-state index contributed by atoms with van der Waals surface area (Å²) in [5.41, 5.74) is 1.78. The standard InChI is InChI=1S/C23H27N3O3/c1-15-9-19-10-17(3-4-18(19)11-24-15)22(28)25-7-5-23(6-8-25)14-26(16(2)27)21-13-29-12-20(21)23/h3-4,9-11,20-21H,5-8,12-14H2,1-2H3/t20-,21+/m1/s1. The molecule has 0 saturated carbocycles. The Labute approximate surface area is 170 Å². The normalized spacial score (nSPS) is 25.6. The van der Waals surface area contributed by atoms with Gasteiger partial charge in [0.1, 0.15) is 0 Å². The van der Waals surface area contributed by atoms with Gasteiger partial charge in [0.15, 0.2) is 0 Å². The fourth-order valence-corrected chi connectivity index (χ4v) is 5.60. The van der Waals surface area contributed by atoms with Crippen molar-refractivity contribution in [3.8, 4) is 0 Å². The molecule has 1 aromatic carbocycles. The van der Waals surface area contributed by atoms with Gasteiger partial charge in [0.05, 0.1) is 19.3 Å². The molecule has 6 heteroatoms. The monoisotopic (exact) mass is 393 g/mol. The van der Waals surface area contributed by atoms with E-state index in [0.29, 0.717) is 12.5 Å². The van der Waals surface area contributed by atoms with Gasteiger partial charge < -0.3 is 14.5 Å². The second-order valence-electron chi connectivity index (χ2n) is 8.90. The number of fused-ring (bicyclic) bond motifs is 3. The molecular weight excluding hydrogens is 366 g/mol. The van der Waals surface area contributed by atoms with E-state index in [1.165, 1.54) is 0 Å². The average Bonchev–Trinajstić information content (AvgIpc) is 3.31. The van der Waals surface area contributed by atoms with Crippen LogP contribution in [0.5, 0.6) is 0 Å². The highest BCUT2D eigenvalue weighted by atomic mass is 16.5. The number of likely N-dealkylation sites (tertiary alicyclic amines) is 2. The van der Waals surface area contributed by atoms with E-state index in [2.05, 4.69) is 4.98 Å². The lowest BCUT2D eigenvalue weighted by Crippen LogP contribution is -2.47. The molecule has 1 aromatic heterocycles. The summed E-state index contributed by atoms with van der Waals surface area (Å²) in [6.07, 6.45) is 3.72. The molecule has 2 atom stereocenters. The molecule has 2 aromatic rings. The van der Waals surface area contributed by atoms with E-state index in [4.69, 9.17) is 4.74 Å². The number of aromatic nitrogens is 1. The van der Waals surface area contributed by atoms with Crippen molar-refractivity contribution < 1.29 is 14.3 Å². The topological polar surface area (TPSA) is 62.7 Å². The van der Waals surface area contributed by atoms with Crippen molar-refractivity contribution in [2.24, 2.45) is 11.3 Å². The molecule has 4 heterocycles. The summed E-state index contributed by atoms with van der Waals surface area (Å²) in [6, 6.07) is 8.09. The minimum atomic E-state index is 0.0930. The molecule has 6 nitrogen and oxygen atoms in total. The van der Waals surface area contributed by atoms with Gasteiger partial charge in [0, 0.05) is 55.3 Å². The lowest BCUT2D eigenvalue weighted by Gasteiger charge is -2.42. The molecule has 0 radical (unpaired) electrons. The summed E-state index contributed by atoms with van der Waals surface area (Å²) in [6.45, 7) is 7.29. The summed E-state index contributed by atoms with van der Waals surface area (Å²) in [4.78, 5) is 33.6. The zero-order chi connectivity index (χ0) is 20.2. The molecule has 152 valence electrons. The fraction of sp³-hybridized carbons (Fsp3) is 0.522. The molecule has 29 heavy (non-hydrogen) atoms. The van der Waals surface area contributed by atoms with E-state index in [9.17, 15) is 9.59 Å². The van der Waals surface area contributed by atoms with Crippen LogP contribution in [0.3, 0.4) is 0 Å². The van der Waals surface area contributed by atoms with Crippen molar-refractivity contribution in [2.45, 2.75) is 32.7 Å². The molecule has 5 rings (SSSR count). The summed E-state index contributed by atoms with van der Waals surface area (Å²) in [7, 11) is 0. The Morgan fingerprint density at radius 2 is 1.93 bits per heavy atom. The highest BCUT2D eigenvalue weighted by molar-refractivity contribution is 5.98. The fourth-order valence-electron chi connectivity index (χ4n) is 5.60. The van der Waals surface area contributed by atoms with Crippen LogP contribution in [0.1, 0.15) is 35.8 Å². The predicted molar refractivity (Wildman–Crippen MR) is 110 cm³/mol. The van der Waals surface area contributed by atoms with Gasteiger partial charge in [0.25, 0.3) is 5.91 Å². The van der Waals surface area contributed by atoms with Gasteiger partial charge >= 0.3 is 0 Å². The molecule has 2 amide bonds. The number of carbonyl (C=O) groups excluding carboxylic acids is 2. The quantitative estimate of drug-likeness (QED) is 0.747. The number of benzene rings is 1. The number of aryl methyl sites for hydroxylation is 1. The Hall–Kier alpha value is -2.47. The van der Waals surface area contributed by atoms with Crippen molar-refractivity contribution in [2.75, 3.05) is 32.8 Å². The number of carbonyl (C=O) groups is 2. The van der Waals surface area contributed by atoms with Crippen LogP contribution < -0.4 is 0 Å². The number of hydrogen-bond donors (Lipinski definition) is 0. The van der Waals surface area contributed by atoms with Crippen LogP contribution in [0.4, 0.5) is 0 Å². The van der Waals surface area contributed by atoms with Crippen LogP contribution in [0, 0.1) is 18.3 Å². The third kappa shape index (κ3) is 3.01. The first-order chi connectivity index (χ1) is 14.0. The van der Waals surface area contributed by atoms with Crippen LogP contribution in [0.2, 0.25) is 0 Å². The molecule has 0 unspecified atom stereocenters. The van der Waals surface area contributed by atoms with Crippen LogP contribution in [-0.4, -0.2) is 65.5 Å². The number of hydrogen-bond acceptors (Lipinski definition) is 4. The van der Waals surface area contributed by atoms with Crippen LogP contribution >= 0.6 is 0 Å². The molecule has 0 N–H and O–H groups in total. The largest absolute Gasteiger partial charge is 0.379 e. The van der Waals surface area contributed by atoms with Crippen molar-refractivity contribution in [1.82, 2.24) is 14.8 Å². The number of piperidine rings is 1. The van der Waals surface area contributed by atoms with Crippen molar-refractivity contribution in [3.05, 3.63) is 41.7 Å². The van der Waals surface area contributed by atoms with Gasteiger partial charge in [0.2, 0.25) is 5.91 Å². The Morgan fingerprint density at radius 1 is 1.14 bits per heavy atom. The van der Waals surface area contributed by atoms with Crippen LogP contribution in [0.25, 0.3) is 10.8 Å². The average molecular weight is 393 g/mol. The van der Waals surface area contributed by atoms with E-state index in [0.717, 1.165) is 61.1 Å². The number of nitrogens with zero attached hydrogens (tertiary/aromatic N) is 3. The van der Waals surface area contributed by atoms with Crippen LogP contribution in [0.15, 0.2) is 30.5 Å². The Kier molecular flexibility index (Phi) is 4.35. The number of rotatable bonds is 1. The van der Waals surface area contributed by atoms with Gasteiger partial charge in [-0.2, -0.15) is 0 Å². The van der Waals surface area contributed by atoms with E-state index in [1.807, 2.05) is 47.2 Å². The van der Waals surface area contributed by atoms with E-state index < -0.39 is 0 Å². The second-order valence-corrected chi connectivity index (χ2v) is 8.90. The first kappa shape index (κ1) is 18.6. The maximum absolute atomic E-state index is 13.2. The van der Waals surface area contributed by atoms with E-state index in [1.54, 1.807) is 6.92 Å². The summed E-state index contributed by atoms with van der Waals surface area (Å²) in [5, 5.41) is 2.10. The van der Waals surface area contributed by atoms with Crippen molar-refractivity contribution in [3.63, 3.8) is 0 Å². The number of pyridine rings is 1. The smallest absolute Gasteiger partial charge is 0.253 e.